The largest absolute Gasteiger partial charge is 0.394 e. The summed E-state index contributed by atoms with van der Waals surface area (Å²) in [6, 6.07) is 0. The molecule has 1 aliphatic heterocycles. The van der Waals surface area contributed by atoms with E-state index in [2.05, 4.69) is 36.8 Å². The van der Waals surface area contributed by atoms with Gasteiger partial charge in [0.1, 0.15) is 11.9 Å². The number of aliphatic hydroxyl groups is 2. The molecule has 2 heterocycles. The lowest BCUT2D eigenvalue weighted by molar-refractivity contribution is -0.0456. The van der Waals surface area contributed by atoms with Gasteiger partial charge in [0.25, 0.3) is 0 Å². The number of rotatable bonds is 2. The summed E-state index contributed by atoms with van der Waals surface area (Å²) in [5.74, 6) is 0.0830. The maximum Gasteiger partial charge on any atom is 0.351 e. The third kappa shape index (κ3) is 2.32. The molecule has 18 heavy (non-hydrogen) atoms. The van der Waals surface area contributed by atoms with Crippen LogP contribution in [0.25, 0.3) is 0 Å². The highest BCUT2D eigenvalue weighted by molar-refractivity contribution is 9.10. The Morgan fingerprint density at radius 3 is 2.83 bits per heavy atom. The molecule has 0 aliphatic carbocycles. The Morgan fingerprint density at radius 1 is 1.61 bits per heavy atom. The highest BCUT2D eigenvalue weighted by Crippen LogP contribution is 2.34. The van der Waals surface area contributed by atoms with E-state index in [0.29, 0.717) is 4.47 Å². The van der Waals surface area contributed by atoms with Crippen molar-refractivity contribution < 1.29 is 14.9 Å². The highest BCUT2D eigenvalue weighted by atomic mass is 79.9. The van der Waals surface area contributed by atoms with Crippen LogP contribution in [0.15, 0.2) is 15.5 Å². The monoisotopic (exact) mass is 383 g/mol. The number of nitrogens with zero attached hydrogens (tertiary/aromatic N) is 2. The third-order valence-electron chi connectivity index (χ3n) is 2.68. The summed E-state index contributed by atoms with van der Waals surface area (Å²) in [5, 5.41) is 18.8. The normalized spacial score (nSPS) is 31.8. The average molecular weight is 385 g/mol. The molecule has 4 N–H and O–H groups in total. The molecule has 0 unspecified atom stereocenters. The molecular formula is C9H11Br2N3O4. The maximum atomic E-state index is 11.7. The van der Waals surface area contributed by atoms with Crippen molar-refractivity contribution >= 4 is 37.7 Å². The van der Waals surface area contributed by atoms with Gasteiger partial charge in [-0.25, -0.2) is 4.79 Å². The number of hydrogen-bond acceptors (Lipinski definition) is 6. The second-order valence-electron chi connectivity index (χ2n) is 3.85. The van der Waals surface area contributed by atoms with E-state index in [1.165, 1.54) is 10.8 Å². The fourth-order valence-electron chi connectivity index (χ4n) is 1.72. The van der Waals surface area contributed by atoms with Crippen molar-refractivity contribution in [3.63, 3.8) is 0 Å². The van der Waals surface area contributed by atoms with Gasteiger partial charge in [0.2, 0.25) is 0 Å². The van der Waals surface area contributed by atoms with Crippen molar-refractivity contribution in [2.45, 2.75) is 23.3 Å². The topological polar surface area (TPSA) is 111 Å². The second kappa shape index (κ2) is 5.25. The molecule has 0 spiro atoms. The Kier molecular flexibility index (Phi) is 4.07. The number of nitrogen functional groups attached to an aromatic ring is 1. The number of aliphatic hydroxyl groups excluding tert-OH is 2. The summed E-state index contributed by atoms with van der Waals surface area (Å²) in [7, 11) is 0. The standard InChI is InChI=1S/C9H11Br2N3O4/c10-3-1-14(9(17)13-7(3)12)8-5(11)6(16)4(2-15)18-8/h1,4-6,8,15-16H,2H2,(H2,12,13,17)/t4-,5+,6-,8-/m1/s1. The van der Waals surface area contributed by atoms with Gasteiger partial charge in [-0.1, -0.05) is 15.9 Å². The molecule has 4 atom stereocenters. The second-order valence-corrected chi connectivity index (χ2v) is 5.76. The van der Waals surface area contributed by atoms with Crippen LogP contribution in [0.5, 0.6) is 0 Å². The Morgan fingerprint density at radius 2 is 2.28 bits per heavy atom. The van der Waals surface area contributed by atoms with E-state index in [0.717, 1.165) is 0 Å². The van der Waals surface area contributed by atoms with Gasteiger partial charge in [-0.05, 0) is 15.9 Å². The number of hydrogen-bond donors (Lipinski definition) is 3. The molecule has 0 bridgehead atoms. The van der Waals surface area contributed by atoms with Crippen LogP contribution in [0, 0.1) is 0 Å². The predicted octanol–water partition coefficient (Wildman–Crippen LogP) is -0.398. The smallest absolute Gasteiger partial charge is 0.351 e. The fraction of sp³-hybridized carbons (Fsp3) is 0.556. The predicted molar refractivity (Wildman–Crippen MR) is 70.3 cm³/mol. The Hall–Kier alpha value is -0.480. The lowest BCUT2D eigenvalue weighted by atomic mass is 10.2. The quantitative estimate of drug-likeness (QED) is 0.598. The molecule has 1 aliphatic rings. The molecule has 1 fully saturated rings. The first kappa shape index (κ1) is 13.9. The summed E-state index contributed by atoms with van der Waals surface area (Å²) in [6.45, 7) is -0.335. The van der Waals surface area contributed by atoms with Crippen molar-refractivity contribution in [3.8, 4) is 0 Å². The molecule has 2 rings (SSSR count). The highest BCUT2D eigenvalue weighted by Gasteiger charge is 2.43. The number of halogens is 2. The van der Waals surface area contributed by atoms with E-state index < -0.39 is 29.0 Å². The van der Waals surface area contributed by atoms with E-state index in [1.807, 2.05) is 0 Å². The van der Waals surface area contributed by atoms with E-state index in [4.69, 9.17) is 15.6 Å². The molecule has 7 nitrogen and oxygen atoms in total. The zero-order valence-electron chi connectivity index (χ0n) is 9.03. The Labute approximate surface area is 119 Å². The van der Waals surface area contributed by atoms with Gasteiger partial charge < -0.3 is 20.7 Å². The van der Waals surface area contributed by atoms with Crippen molar-refractivity contribution in [2.75, 3.05) is 12.3 Å². The van der Waals surface area contributed by atoms with Gasteiger partial charge in [-0.3, -0.25) is 4.57 Å². The summed E-state index contributed by atoms with van der Waals surface area (Å²) in [4.78, 5) is 14.8. The van der Waals surface area contributed by atoms with Crippen LogP contribution in [-0.4, -0.2) is 43.4 Å². The first-order chi connectivity index (χ1) is 8.45. The molecule has 1 saturated heterocycles. The summed E-state index contributed by atoms with van der Waals surface area (Å²) >= 11 is 6.41. The minimum absolute atomic E-state index is 0.0830. The van der Waals surface area contributed by atoms with E-state index in [9.17, 15) is 9.90 Å². The first-order valence-electron chi connectivity index (χ1n) is 5.08. The van der Waals surface area contributed by atoms with Gasteiger partial charge >= 0.3 is 5.69 Å². The van der Waals surface area contributed by atoms with Crippen molar-refractivity contribution in [2.24, 2.45) is 0 Å². The van der Waals surface area contributed by atoms with Crippen LogP contribution in [0.1, 0.15) is 6.23 Å². The fourth-order valence-corrected chi connectivity index (χ4v) is 2.75. The third-order valence-corrected chi connectivity index (χ3v) is 4.29. The average Bonchev–Trinajstić information content (AvgIpc) is 2.61. The number of ether oxygens (including phenoxy) is 1. The van der Waals surface area contributed by atoms with Crippen molar-refractivity contribution in [1.29, 1.82) is 0 Å². The van der Waals surface area contributed by atoms with Crippen molar-refractivity contribution in [3.05, 3.63) is 21.2 Å². The molecule has 1 aromatic rings. The van der Waals surface area contributed by atoms with Gasteiger partial charge in [-0.2, -0.15) is 4.98 Å². The first-order valence-corrected chi connectivity index (χ1v) is 6.79. The van der Waals surface area contributed by atoms with Gasteiger partial charge in [0.05, 0.1) is 22.0 Å². The van der Waals surface area contributed by atoms with E-state index >= 15 is 0 Å². The number of nitrogens with two attached hydrogens (primary N) is 1. The lowest BCUT2D eigenvalue weighted by Crippen LogP contribution is -2.32. The van der Waals surface area contributed by atoms with Crippen LogP contribution in [0.3, 0.4) is 0 Å². The molecule has 9 heteroatoms. The summed E-state index contributed by atoms with van der Waals surface area (Å²) in [5.41, 5.74) is 4.90. The molecular weight excluding hydrogens is 374 g/mol. The number of aromatic nitrogens is 2. The zero-order chi connectivity index (χ0) is 13.4. The molecule has 100 valence electrons. The SMILES string of the molecule is Nc1nc(=O)n([C@@H]2O[C@H](CO)[C@@H](O)[C@@H]2Br)cc1Br. The van der Waals surface area contributed by atoms with Crippen LogP contribution in [0.2, 0.25) is 0 Å². The van der Waals surface area contributed by atoms with Gasteiger partial charge in [-0.15, -0.1) is 0 Å². The molecule has 0 aromatic carbocycles. The van der Waals surface area contributed by atoms with Crippen LogP contribution in [0.4, 0.5) is 5.82 Å². The zero-order valence-corrected chi connectivity index (χ0v) is 12.2. The van der Waals surface area contributed by atoms with Crippen LogP contribution < -0.4 is 11.4 Å². The molecule has 0 radical (unpaired) electrons. The van der Waals surface area contributed by atoms with Crippen LogP contribution >= 0.6 is 31.9 Å². The van der Waals surface area contributed by atoms with Gasteiger partial charge in [0.15, 0.2) is 6.23 Å². The Balaban J connectivity index is 2.39. The van der Waals surface area contributed by atoms with E-state index in [-0.39, 0.29) is 12.4 Å². The van der Waals surface area contributed by atoms with E-state index in [1.54, 1.807) is 0 Å². The Bertz CT molecular complexity index is 509. The lowest BCUT2D eigenvalue weighted by Gasteiger charge is -2.17. The van der Waals surface area contributed by atoms with Crippen molar-refractivity contribution in [1.82, 2.24) is 9.55 Å². The molecule has 1 aromatic heterocycles. The number of anilines is 1. The molecule has 0 amide bonds. The maximum absolute atomic E-state index is 11.7. The summed E-state index contributed by atoms with van der Waals surface area (Å²) in [6.07, 6.45) is -0.976. The minimum Gasteiger partial charge on any atom is -0.394 e. The number of alkyl halides is 1. The van der Waals surface area contributed by atoms with Crippen LogP contribution in [-0.2, 0) is 4.74 Å². The minimum atomic E-state index is -0.914. The summed E-state index contributed by atoms with van der Waals surface area (Å²) < 4.78 is 7.07. The van der Waals surface area contributed by atoms with Gasteiger partial charge in [0, 0.05) is 6.20 Å². The molecule has 0 saturated carbocycles.